The second kappa shape index (κ2) is 8.02. The molecule has 0 aliphatic carbocycles. The zero-order chi connectivity index (χ0) is 20.4. The van der Waals surface area contributed by atoms with Gasteiger partial charge in [-0.15, -0.1) is 0 Å². The van der Waals surface area contributed by atoms with E-state index in [0.29, 0.717) is 5.45 Å². The van der Waals surface area contributed by atoms with Crippen LogP contribution >= 0.6 is 6.04 Å². The summed E-state index contributed by atoms with van der Waals surface area (Å²) < 4.78 is 5.34. The molecule has 1 atom stereocenters. The lowest BCUT2D eigenvalue weighted by Gasteiger charge is -2.38. The molecule has 4 nitrogen and oxygen atoms in total. The van der Waals surface area contributed by atoms with Crippen molar-refractivity contribution in [1.82, 2.24) is 0 Å². The SMILES string of the molecule is CCOC(=O)C1=NN(c2ccccc2)C(C(C)(C)C)=C[P@@]1(=S)c1ccccc1. The normalized spacial score (nSPS) is 19.6. The number of carbonyl (C=O) groups is 1. The Morgan fingerprint density at radius 1 is 1.07 bits per heavy atom. The molecule has 0 fully saturated rings. The maximum Gasteiger partial charge on any atom is 0.360 e. The molecule has 2 aromatic carbocycles. The number of anilines is 1. The molecule has 6 heteroatoms. The molecule has 28 heavy (non-hydrogen) atoms. The van der Waals surface area contributed by atoms with Crippen molar-refractivity contribution in [3.63, 3.8) is 0 Å². The third kappa shape index (κ3) is 3.96. The second-order valence-corrected chi connectivity index (χ2v) is 11.8. The van der Waals surface area contributed by atoms with E-state index in [1.165, 1.54) is 0 Å². The molecule has 1 aliphatic heterocycles. The van der Waals surface area contributed by atoms with E-state index in [1.54, 1.807) is 6.92 Å². The average Bonchev–Trinajstić information content (AvgIpc) is 2.68. The van der Waals surface area contributed by atoms with Gasteiger partial charge in [-0.25, -0.2) is 9.80 Å². The molecule has 0 radical (unpaired) electrons. The van der Waals surface area contributed by atoms with Crippen molar-refractivity contribution in [2.24, 2.45) is 10.5 Å². The van der Waals surface area contributed by atoms with Gasteiger partial charge in [0.05, 0.1) is 18.3 Å². The quantitative estimate of drug-likeness (QED) is 0.519. The van der Waals surface area contributed by atoms with Gasteiger partial charge < -0.3 is 4.74 Å². The van der Waals surface area contributed by atoms with Gasteiger partial charge in [-0.05, 0) is 30.2 Å². The number of esters is 1. The van der Waals surface area contributed by atoms with Crippen LogP contribution in [0.15, 0.2) is 77.3 Å². The summed E-state index contributed by atoms with van der Waals surface area (Å²) in [6.07, 6.45) is 0. The minimum Gasteiger partial charge on any atom is -0.461 e. The third-order valence-electron chi connectivity index (χ3n) is 4.41. The van der Waals surface area contributed by atoms with E-state index in [9.17, 15) is 4.79 Å². The molecular formula is C22H25N2O2PS. The van der Waals surface area contributed by atoms with Crippen molar-refractivity contribution in [1.29, 1.82) is 0 Å². The monoisotopic (exact) mass is 412 g/mol. The van der Waals surface area contributed by atoms with Gasteiger partial charge in [0.15, 0.2) is 5.45 Å². The fourth-order valence-electron chi connectivity index (χ4n) is 3.00. The standard InChI is InChI=1S/C22H25N2O2PS/c1-5-26-21(25)20-23-24(17-12-8-6-9-13-17)19(22(2,3)4)16-27(20,28)18-14-10-7-11-15-18/h6-16H,5H2,1-4H3/t27-/m1/s1. The highest BCUT2D eigenvalue weighted by Crippen LogP contribution is 2.55. The third-order valence-corrected chi connectivity index (χ3v) is 8.45. The topological polar surface area (TPSA) is 41.9 Å². The Labute approximate surface area is 171 Å². The van der Waals surface area contributed by atoms with Crippen LogP contribution in [-0.2, 0) is 21.3 Å². The molecular weight excluding hydrogens is 387 g/mol. The summed E-state index contributed by atoms with van der Waals surface area (Å²) >= 11 is 6.16. The molecule has 0 unspecified atom stereocenters. The summed E-state index contributed by atoms with van der Waals surface area (Å²) in [5.74, 6) is 1.64. The molecule has 1 aliphatic rings. The zero-order valence-electron chi connectivity index (χ0n) is 16.6. The molecule has 2 aromatic rings. The Bertz CT molecular complexity index is 963. The van der Waals surface area contributed by atoms with Gasteiger partial charge in [-0.3, -0.25) is 0 Å². The number of hydrogen-bond acceptors (Lipinski definition) is 5. The summed E-state index contributed by atoms with van der Waals surface area (Å²) in [6.45, 7) is 8.46. The molecule has 0 amide bonds. The van der Waals surface area contributed by atoms with Crippen LogP contribution in [-0.4, -0.2) is 18.0 Å². The lowest BCUT2D eigenvalue weighted by Crippen LogP contribution is -2.35. The van der Waals surface area contributed by atoms with Crippen molar-refractivity contribution in [3.05, 3.63) is 72.2 Å². The largest absolute Gasteiger partial charge is 0.461 e. The number of benzene rings is 2. The minimum atomic E-state index is -2.57. The van der Waals surface area contributed by atoms with Gasteiger partial charge in [0.2, 0.25) is 0 Å². The van der Waals surface area contributed by atoms with Crippen LogP contribution in [0.3, 0.4) is 0 Å². The number of allylic oxidation sites excluding steroid dienone is 1. The number of hydrogen-bond donors (Lipinski definition) is 0. The number of carbonyl (C=O) groups excluding carboxylic acids is 1. The highest BCUT2D eigenvalue weighted by Gasteiger charge is 2.39. The molecule has 3 rings (SSSR count). The number of para-hydroxylation sites is 1. The van der Waals surface area contributed by atoms with Crippen LogP contribution < -0.4 is 10.3 Å². The number of hydrazone groups is 1. The van der Waals surface area contributed by atoms with Gasteiger partial charge in [-0.1, -0.05) is 81.1 Å². The maximum atomic E-state index is 12.9. The summed E-state index contributed by atoms with van der Waals surface area (Å²) in [5, 5.41) is 7.57. The predicted octanol–water partition coefficient (Wildman–Crippen LogP) is 5.08. The Hall–Kier alpha value is -2.23. The van der Waals surface area contributed by atoms with Gasteiger partial charge in [0.25, 0.3) is 0 Å². The Balaban J connectivity index is 2.26. The van der Waals surface area contributed by atoms with E-state index in [1.807, 2.05) is 65.7 Å². The van der Waals surface area contributed by atoms with Crippen LogP contribution in [0.2, 0.25) is 0 Å². The van der Waals surface area contributed by atoms with Crippen molar-refractivity contribution in [2.75, 3.05) is 11.6 Å². The Morgan fingerprint density at radius 3 is 2.18 bits per heavy atom. The lowest BCUT2D eigenvalue weighted by molar-refractivity contribution is -0.134. The van der Waals surface area contributed by atoms with Gasteiger partial charge >= 0.3 is 5.97 Å². The highest BCUT2D eigenvalue weighted by molar-refractivity contribution is 8.28. The van der Waals surface area contributed by atoms with Gasteiger partial charge in [0.1, 0.15) is 0 Å². The van der Waals surface area contributed by atoms with Crippen LogP contribution in [0.5, 0.6) is 0 Å². The Kier molecular flexibility index (Phi) is 5.87. The van der Waals surface area contributed by atoms with Crippen LogP contribution in [0.25, 0.3) is 0 Å². The average molecular weight is 412 g/mol. The van der Waals surface area contributed by atoms with E-state index in [-0.39, 0.29) is 12.0 Å². The highest BCUT2D eigenvalue weighted by atomic mass is 32.4. The van der Waals surface area contributed by atoms with Crippen LogP contribution in [0, 0.1) is 5.41 Å². The van der Waals surface area contributed by atoms with E-state index in [2.05, 4.69) is 26.6 Å². The van der Waals surface area contributed by atoms with E-state index < -0.39 is 12.0 Å². The van der Waals surface area contributed by atoms with Crippen molar-refractivity contribution in [3.8, 4) is 0 Å². The molecule has 1 heterocycles. The zero-order valence-corrected chi connectivity index (χ0v) is 18.3. The number of ether oxygens (including phenoxy) is 1. The summed E-state index contributed by atoms with van der Waals surface area (Å²) in [6, 6.07) is 17.0. The first-order valence-electron chi connectivity index (χ1n) is 9.27. The molecule has 0 bridgehead atoms. The summed E-state index contributed by atoms with van der Waals surface area (Å²) in [5.41, 5.74) is 1.98. The first-order chi connectivity index (χ1) is 13.3. The molecule has 0 saturated carbocycles. The maximum absolute atomic E-state index is 12.9. The van der Waals surface area contributed by atoms with Gasteiger partial charge in [-0.2, -0.15) is 5.10 Å². The first kappa shape index (κ1) is 20.5. The molecule has 0 aromatic heterocycles. The summed E-state index contributed by atoms with van der Waals surface area (Å²) in [7, 11) is 0. The fourth-order valence-corrected chi connectivity index (χ4v) is 6.53. The molecule has 0 saturated heterocycles. The van der Waals surface area contributed by atoms with Crippen molar-refractivity contribution in [2.45, 2.75) is 27.7 Å². The smallest absolute Gasteiger partial charge is 0.360 e. The lowest BCUT2D eigenvalue weighted by atomic mass is 9.92. The number of rotatable bonds is 4. The van der Waals surface area contributed by atoms with E-state index in [0.717, 1.165) is 16.7 Å². The number of nitrogens with zero attached hydrogens (tertiary/aromatic N) is 2. The molecule has 0 N–H and O–H groups in total. The van der Waals surface area contributed by atoms with Gasteiger partial charge in [0, 0.05) is 11.1 Å². The second-order valence-electron chi connectivity index (χ2n) is 7.55. The molecule has 0 spiro atoms. The molecule has 146 valence electrons. The first-order valence-corrected chi connectivity index (χ1v) is 12.1. The minimum absolute atomic E-state index is 0.210. The summed E-state index contributed by atoms with van der Waals surface area (Å²) in [4.78, 5) is 12.9. The van der Waals surface area contributed by atoms with Crippen molar-refractivity contribution >= 4 is 40.3 Å². The van der Waals surface area contributed by atoms with Crippen molar-refractivity contribution < 1.29 is 9.53 Å². The van der Waals surface area contributed by atoms with Crippen LogP contribution in [0.1, 0.15) is 27.7 Å². The fraction of sp³-hybridized carbons (Fsp3) is 0.273. The predicted molar refractivity (Wildman–Crippen MR) is 121 cm³/mol. The van der Waals surface area contributed by atoms with E-state index in [4.69, 9.17) is 21.6 Å². The Morgan fingerprint density at radius 2 is 1.64 bits per heavy atom. The van der Waals surface area contributed by atoms with E-state index >= 15 is 0 Å². The van der Waals surface area contributed by atoms with Crippen LogP contribution in [0.4, 0.5) is 5.69 Å².